The molecule has 2 heteroatoms. The molecule has 2 nitrogen and oxygen atoms in total. The van der Waals surface area contributed by atoms with Crippen molar-refractivity contribution in [1.82, 2.24) is 9.88 Å². The highest BCUT2D eigenvalue weighted by Crippen LogP contribution is 2.02. The van der Waals surface area contributed by atoms with Gasteiger partial charge in [0.05, 0.1) is 0 Å². The van der Waals surface area contributed by atoms with Crippen LogP contribution in [0.5, 0.6) is 0 Å². The van der Waals surface area contributed by atoms with Gasteiger partial charge in [-0.15, -0.1) is 12.3 Å². The fraction of sp³-hybridized carbons (Fsp3) is 0.500. The summed E-state index contributed by atoms with van der Waals surface area (Å²) in [6, 6.07) is 4.62. The molecule has 0 saturated carbocycles. The van der Waals surface area contributed by atoms with E-state index >= 15 is 0 Å². The summed E-state index contributed by atoms with van der Waals surface area (Å²) in [4.78, 5) is 0. The SMILES string of the molecule is C#CCC(CC)NCc1cccn1C. The zero-order valence-electron chi connectivity index (χ0n) is 8.96. The first kappa shape index (κ1) is 10.9. The molecule has 76 valence electrons. The predicted molar refractivity (Wildman–Crippen MR) is 59.8 cm³/mol. The zero-order valence-corrected chi connectivity index (χ0v) is 8.96. The van der Waals surface area contributed by atoms with E-state index in [-0.39, 0.29) is 0 Å². The molecule has 0 aliphatic heterocycles. The number of aromatic nitrogens is 1. The second-order valence-corrected chi connectivity index (χ2v) is 3.50. The lowest BCUT2D eigenvalue weighted by molar-refractivity contribution is 0.497. The van der Waals surface area contributed by atoms with E-state index in [1.807, 2.05) is 0 Å². The molecule has 0 spiro atoms. The Balaban J connectivity index is 2.40. The van der Waals surface area contributed by atoms with Crippen molar-refractivity contribution < 1.29 is 0 Å². The van der Waals surface area contributed by atoms with Gasteiger partial charge < -0.3 is 9.88 Å². The monoisotopic (exact) mass is 190 g/mol. The van der Waals surface area contributed by atoms with Crippen molar-refractivity contribution in [1.29, 1.82) is 0 Å². The van der Waals surface area contributed by atoms with E-state index in [1.54, 1.807) is 0 Å². The number of terminal acetylenes is 1. The Morgan fingerprint density at radius 3 is 2.93 bits per heavy atom. The van der Waals surface area contributed by atoms with Crippen molar-refractivity contribution in [2.75, 3.05) is 0 Å². The van der Waals surface area contributed by atoms with Crippen molar-refractivity contribution in [3.05, 3.63) is 24.0 Å². The maximum Gasteiger partial charge on any atom is 0.0361 e. The molecule has 0 bridgehead atoms. The van der Waals surface area contributed by atoms with Crippen LogP contribution in [0.2, 0.25) is 0 Å². The summed E-state index contributed by atoms with van der Waals surface area (Å²) in [5, 5.41) is 3.45. The molecule has 0 saturated heterocycles. The van der Waals surface area contributed by atoms with Gasteiger partial charge in [-0.05, 0) is 18.6 Å². The number of nitrogens with zero attached hydrogens (tertiary/aromatic N) is 1. The minimum absolute atomic E-state index is 0.440. The number of rotatable bonds is 5. The van der Waals surface area contributed by atoms with E-state index < -0.39 is 0 Å². The molecule has 1 unspecified atom stereocenters. The summed E-state index contributed by atoms with van der Waals surface area (Å²) in [5.41, 5.74) is 1.29. The first-order valence-corrected chi connectivity index (χ1v) is 5.05. The molecule has 1 rings (SSSR count). The fourth-order valence-electron chi connectivity index (χ4n) is 1.43. The molecule has 1 aromatic rings. The molecule has 1 heterocycles. The van der Waals surface area contributed by atoms with Gasteiger partial charge in [-0.1, -0.05) is 6.92 Å². The summed E-state index contributed by atoms with van der Waals surface area (Å²) in [6.07, 6.45) is 9.23. The lowest BCUT2D eigenvalue weighted by atomic mass is 10.1. The maximum absolute atomic E-state index is 5.29. The van der Waals surface area contributed by atoms with Gasteiger partial charge in [0.25, 0.3) is 0 Å². The third kappa shape index (κ3) is 2.93. The van der Waals surface area contributed by atoms with E-state index in [2.05, 4.69) is 48.1 Å². The minimum Gasteiger partial charge on any atom is -0.353 e. The Kier molecular flexibility index (Phi) is 4.28. The average Bonchev–Trinajstić information content (AvgIpc) is 2.59. The van der Waals surface area contributed by atoms with Crippen molar-refractivity contribution in [3.63, 3.8) is 0 Å². The standard InChI is InChI=1S/C12H18N2/c1-4-7-11(5-2)13-10-12-8-6-9-14(12)3/h1,6,8-9,11,13H,5,7,10H2,2-3H3. The van der Waals surface area contributed by atoms with Gasteiger partial charge in [0.2, 0.25) is 0 Å². The smallest absolute Gasteiger partial charge is 0.0361 e. The molecule has 0 aliphatic rings. The predicted octanol–water partition coefficient (Wildman–Crippen LogP) is 1.92. The molecule has 0 aliphatic carbocycles. The summed E-state index contributed by atoms with van der Waals surface area (Å²) in [7, 11) is 2.05. The number of nitrogens with one attached hydrogen (secondary N) is 1. The molecule has 0 fully saturated rings. The molecule has 14 heavy (non-hydrogen) atoms. The summed E-state index contributed by atoms with van der Waals surface area (Å²) in [5.74, 6) is 2.69. The number of hydrogen-bond acceptors (Lipinski definition) is 1. The van der Waals surface area contributed by atoms with E-state index in [0.29, 0.717) is 6.04 Å². The highest BCUT2D eigenvalue weighted by atomic mass is 15.0. The highest BCUT2D eigenvalue weighted by Gasteiger charge is 2.04. The highest BCUT2D eigenvalue weighted by molar-refractivity contribution is 5.06. The van der Waals surface area contributed by atoms with Crippen LogP contribution in [0.15, 0.2) is 18.3 Å². The van der Waals surface area contributed by atoms with Gasteiger partial charge in [-0.2, -0.15) is 0 Å². The quantitative estimate of drug-likeness (QED) is 0.702. The average molecular weight is 190 g/mol. The molecule has 1 N–H and O–H groups in total. The lowest BCUT2D eigenvalue weighted by Gasteiger charge is -2.14. The van der Waals surface area contributed by atoms with Crippen molar-refractivity contribution in [3.8, 4) is 12.3 Å². The van der Waals surface area contributed by atoms with E-state index in [9.17, 15) is 0 Å². The maximum atomic E-state index is 5.29. The number of hydrogen-bond donors (Lipinski definition) is 1. The van der Waals surface area contributed by atoms with E-state index in [0.717, 1.165) is 19.4 Å². The van der Waals surface area contributed by atoms with Crippen LogP contribution in [0.4, 0.5) is 0 Å². The first-order chi connectivity index (χ1) is 6.77. The van der Waals surface area contributed by atoms with E-state index in [1.165, 1.54) is 5.69 Å². The van der Waals surface area contributed by atoms with Crippen molar-refractivity contribution in [2.45, 2.75) is 32.4 Å². The van der Waals surface area contributed by atoms with E-state index in [4.69, 9.17) is 6.42 Å². The van der Waals surface area contributed by atoms with Gasteiger partial charge in [0.15, 0.2) is 0 Å². The topological polar surface area (TPSA) is 17.0 Å². The molecule has 0 amide bonds. The second-order valence-electron chi connectivity index (χ2n) is 3.50. The largest absolute Gasteiger partial charge is 0.353 e. The first-order valence-electron chi connectivity index (χ1n) is 5.05. The Labute approximate surface area is 86.3 Å². The van der Waals surface area contributed by atoms with Gasteiger partial charge in [-0.3, -0.25) is 0 Å². The Morgan fingerprint density at radius 2 is 2.43 bits per heavy atom. The van der Waals surface area contributed by atoms with Crippen LogP contribution in [0.1, 0.15) is 25.5 Å². The lowest BCUT2D eigenvalue weighted by Crippen LogP contribution is -2.28. The summed E-state index contributed by atoms with van der Waals surface area (Å²) < 4.78 is 2.12. The molecule has 0 radical (unpaired) electrons. The van der Waals surface area contributed by atoms with Gasteiger partial charge in [0, 0.05) is 37.9 Å². The number of aryl methyl sites for hydroxylation is 1. The van der Waals surface area contributed by atoms with Crippen LogP contribution in [0.25, 0.3) is 0 Å². The molecular weight excluding hydrogens is 172 g/mol. The van der Waals surface area contributed by atoms with Crippen molar-refractivity contribution >= 4 is 0 Å². The Hall–Kier alpha value is -1.20. The Morgan fingerprint density at radius 1 is 1.64 bits per heavy atom. The molecule has 1 aromatic heterocycles. The minimum atomic E-state index is 0.440. The normalized spacial score (nSPS) is 12.4. The van der Waals surface area contributed by atoms with Crippen LogP contribution < -0.4 is 5.32 Å². The van der Waals surface area contributed by atoms with Crippen LogP contribution in [0, 0.1) is 12.3 Å². The van der Waals surface area contributed by atoms with Crippen LogP contribution in [-0.2, 0) is 13.6 Å². The molecular formula is C12H18N2. The second kappa shape index (κ2) is 5.51. The summed E-state index contributed by atoms with van der Waals surface area (Å²) in [6.45, 7) is 3.05. The zero-order chi connectivity index (χ0) is 10.4. The van der Waals surface area contributed by atoms with Crippen LogP contribution in [0.3, 0.4) is 0 Å². The fourth-order valence-corrected chi connectivity index (χ4v) is 1.43. The third-order valence-electron chi connectivity index (χ3n) is 2.48. The van der Waals surface area contributed by atoms with Gasteiger partial charge in [-0.25, -0.2) is 0 Å². The third-order valence-corrected chi connectivity index (χ3v) is 2.48. The molecule has 1 atom stereocenters. The van der Waals surface area contributed by atoms with Crippen LogP contribution in [-0.4, -0.2) is 10.6 Å². The van der Waals surface area contributed by atoms with Gasteiger partial charge >= 0.3 is 0 Å². The van der Waals surface area contributed by atoms with Crippen LogP contribution >= 0.6 is 0 Å². The molecule has 0 aromatic carbocycles. The van der Waals surface area contributed by atoms with Gasteiger partial charge in [0.1, 0.15) is 0 Å². The van der Waals surface area contributed by atoms with Crippen molar-refractivity contribution in [2.24, 2.45) is 7.05 Å². The Bertz CT molecular complexity index is 306. The summed E-state index contributed by atoms with van der Waals surface area (Å²) >= 11 is 0.